The van der Waals surface area contributed by atoms with Crippen molar-refractivity contribution < 1.29 is 18.4 Å². The average Bonchev–Trinajstić information content (AvgIpc) is 2.83. The van der Waals surface area contributed by atoms with Crippen molar-refractivity contribution in [1.82, 2.24) is 10.2 Å². The van der Waals surface area contributed by atoms with E-state index in [-0.39, 0.29) is 35.7 Å². The fourth-order valence-corrected chi connectivity index (χ4v) is 4.58. The molecule has 0 aliphatic heterocycles. The van der Waals surface area contributed by atoms with Gasteiger partial charge in [-0.2, -0.15) is 0 Å². The van der Waals surface area contributed by atoms with Crippen LogP contribution in [0.1, 0.15) is 37.5 Å². The highest BCUT2D eigenvalue weighted by atomic mass is 32.2. The van der Waals surface area contributed by atoms with Crippen LogP contribution in [-0.2, 0) is 28.3 Å². The SMILES string of the molecule is CC(C)(C)NC(=O)C(Cc1ccccc1)N(Cc1ccc(F)cc1)C(=O)CSCc1ccc(F)cc1. The number of rotatable bonds is 10. The number of hydrogen-bond acceptors (Lipinski definition) is 3. The zero-order valence-electron chi connectivity index (χ0n) is 20.8. The van der Waals surface area contributed by atoms with E-state index in [1.807, 2.05) is 51.1 Å². The van der Waals surface area contributed by atoms with Crippen LogP contribution in [0.15, 0.2) is 78.9 Å². The number of halogens is 2. The van der Waals surface area contributed by atoms with E-state index in [1.165, 1.54) is 36.0 Å². The predicted molar refractivity (Wildman–Crippen MR) is 141 cm³/mol. The Bertz CT molecular complexity index is 1130. The number of hydrogen-bond donors (Lipinski definition) is 1. The van der Waals surface area contributed by atoms with Crippen molar-refractivity contribution >= 4 is 23.6 Å². The number of carbonyl (C=O) groups excluding carboxylic acids is 2. The number of nitrogens with zero attached hydrogens (tertiary/aromatic N) is 1. The highest BCUT2D eigenvalue weighted by Crippen LogP contribution is 2.19. The van der Waals surface area contributed by atoms with Crippen LogP contribution in [0.25, 0.3) is 0 Å². The summed E-state index contributed by atoms with van der Waals surface area (Å²) in [4.78, 5) is 28.6. The molecule has 0 heterocycles. The molecule has 0 saturated heterocycles. The third-order valence-corrected chi connectivity index (χ3v) is 6.43. The minimum atomic E-state index is -0.754. The standard InChI is InChI=1S/C29H32F2N2O2S/c1-29(2,3)32-28(35)26(17-21-7-5-4-6-8-21)33(18-22-9-13-24(30)14-10-22)27(34)20-36-19-23-11-15-25(31)16-12-23/h4-16,26H,17-20H2,1-3H3,(H,32,35). The van der Waals surface area contributed by atoms with Crippen molar-refractivity contribution in [2.24, 2.45) is 0 Å². The van der Waals surface area contributed by atoms with Gasteiger partial charge in [-0.1, -0.05) is 54.6 Å². The van der Waals surface area contributed by atoms with Crippen LogP contribution in [-0.4, -0.2) is 34.0 Å². The number of amides is 2. The molecule has 0 aliphatic rings. The summed E-state index contributed by atoms with van der Waals surface area (Å²) >= 11 is 1.40. The summed E-state index contributed by atoms with van der Waals surface area (Å²) in [5, 5.41) is 3.02. The van der Waals surface area contributed by atoms with Gasteiger partial charge in [-0.25, -0.2) is 8.78 Å². The summed E-state index contributed by atoms with van der Waals surface area (Å²) in [5.41, 5.74) is 2.09. The molecular weight excluding hydrogens is 478 g/mol. The maximum atomic E-state index is 13.6. The first-order valence-corrected chi connectivity index (χ1v) is 13.0. The largest absolute Gasteiger partial charge is 0.350 e. The predicted octanol–water partition coefficient (Wildman–Crippen LogP) is 5.75. The Balaban J connectivity index is 1.85. The molecule has 7 heteroatoms. The van der Waals surface area contributed by atoms with Gasteiger partial charge in [0.15, 0.2) is 0 Å². The molecule has 1 atom stereocenters. The lowest BCUT2D eigenvalue weighted by molar-refractivity contribution is -0.140. The molecule has 0 saturated carbocycles. The van der Waals surface area contributed by atoms with Crippen LogP contribution < -0.4 is 5.32 Å². The van der Waals surface area contributed by atoms with E-state index in [0.717, 1.165) is 16.7 Å². The molecule has 0 aromatic heterocycles. The van der Waals surface area contributed by atoms with E-state index in [0.29, 0.717) is 12.2 Å². The summed E-state index contributed by atoms with van der Waals surface area (Å²) in [6, 6.07) is 20.9. The first-order chi connectivity index (χ1) is 17.1. The van der Waals surface area contributed by atoms with E-state index < -0.39 is 11.6 Å². The third kappa shape index (κ3) is 8.79. The Kier molecular flexibility index (Phi) is 9.65. The van der Waals surface area contributed by atoms with Gasteiger partial charge in [0.1, 0.15) is 17.7 Å². The van der Waals surface area contributed by atoms with Gasteiger partial charge in [-0.15, -0.1) is 11.8 Å². The van der Waals surface area contributed by atoms with Gasteiger partial charge in [0.25, 0.3) is 0 Å². The fourth-order valence-electron chi connectivity index (χ4n) is 3.71. The molecule has 0 aliphatic carbocycles. The molecular formula is C29H32F2N2O2S. The maximum absolute atomic E-state index is 13.6. The van der Waals surface area contributed by atoms with Crippen molar-refractivity contribution in [1.29, 1.82) is 0 Å². The molecule has 1 N–H and O–H groups in total. The Hall–Kier alpha value is -3.19. The smallest absolute Gasteiger partial charge is 0.243 e. The molecule has 190 valence electrons. The number of benzene rings is 3. The molecule has 3 aromatic carbocycles. The molecule has 4 nitrogen and oxygen atoms in total. The lowest BCUT2D eigenvalue weighted by atomic mass is 10.0. The number of nitrogens with one attached hydrogen (secondary N) is 1. The van der Waals surface area contributed by atoms with Crippen molar-refractivity contribution in [3.05, 3.63) is 107 Å². The van der Waals surface area contributed by atoms with Crippen molar-refractivity contribution in [2.45, 2.75) is 51.1 Å². The third-order valence-electron chi connectivity index (χ3n) is 5.44. The molecule has 2 amide bonds. The zero-order chi connectivity index (χ0) is 26.1. The highest BCUT2D eigenvalue weighted by Gasteiger charge is 2.32. The van der Waals surface area contributed by atoms with Crippen LogP contribution >= 0.6 is 11.8 Å². The van der Waals surface area contributed by atoms with Crippen molar-refractivity contribution in [3.8, 4) is 0 Å². The van der Waals surface area contributed by atoms with Gasteiger partial charge in [0, 0.05) is 24.3 Å². The Labute approximate surface area is 216 Å². The summed E-state index contributed by atoms with van der Waals surface area (Å²) in [7, 11) is 0. The monoisotopic (exact) mass is 510 g/mol. The lowest BCUT2D eigenvalue weighted by Gasteiger charge is -2.34. The summed E-state index contributed by atoms with van der Waals surface area (Å²) in [5.74, 6) is -0.431. The molecule has 0 bridgehead atoms. The molecule has 0 fully saturated rings. The molecule has 1 unspecified atom stereocenters. The Morgan fingerprint density at radius 1 is 0.833 bits per heavy atom. The first-order valence-electron chi connectivity index (χ1n) is 11.8. The zero-order valence-corrected chi connectivity index (χ0v) is 21.7. The average molecular weight is 511 g/mol. The summed E-state index contributed by atoms with van der Waals surface area (Å²) in [6.45, 7) is 5.87. The fraction of sp³-hybridized carbons (Fsp3) is 0.310. The van der Waals surface area contributed by atoms with Gasteiger partial charge in [0.05, 0.1) is 5.75 Å². The van der Waals surface area contributed by atoms with Gasteiger partial charge in [-0.3, -0.25) is 9.59 Å². The van der Waals surface area contributed by atoms with E-state index in [2.05, 4.69) is 5.32 Å². The topological polar surface area (TPSA) is 49.4 Å². The Morgan fingerprint density at radius 2 is 1.39 bits per heavy atom. The van der Waals surface area contributed by atoms with Crippen LogP contribution in [0, 0.1) is 11.6 Å². The summed E-state index contributed by atoms with van der Waals surface area (Å²) < 4.78 is 26.7. The quantitative estimate of drug-likeness (QED) is 0.378. The minimum Gasteiger partial charge on any atom is -0.350 e. The van der Waals surface area contributed by atoms with Crippen molar-refractivity contribution in [3.63, 3.8) is 0 Å². The first kappa shape index (κ1) is 27.4. The Morgan fingerprint density at radius 3 is 1.94 bits per heavy atom. The molecule has 0 radical (unpaired) electrons. The maximum Gasteiger partial charge on any atom is 0.243 e. The molecule has 36 heavy (non-hydrogen) atoms. The molecule has 3 rings (SSSR count). The number of carbonyl (C=O) groups is 2. The van der Waals surface area contributed by atoms with Gasteiger partial charge in [0.2, 0.25) is 11.8 Å². The van der Waals surface area contributed by atoms with Gasteiger partial charge in [-0.05, 0) is 61.7 Å². The second kappa shape index (κ2) is 12.7. The normalized spacial score (nSPS) is 12.1. The van der Waals surface area contributed by atoms with Gasteiger partial charge >= 0.3 is 0 Å². The number of thioether (sulfide) groups is 1. The minimum absolute atomic E-state index is 0.145. The van der Waals surface area contributed by atoms with Gasteiger partial charge < -0.3 is 10.2 Å². The van der Waals surface area contributed by atoms with E-state index in [1.54, 1.807) is 29.2 Å². The van der Waals surface area contributed by atoms with Crippen LogP contribution in [0.4, 0.5) is 8.78 Å². The van der Waals surface area contributed by atoms with Crippen molar-refractivity contribution in [2.75, 3.05) is 5.75 Å². The van der Waals surface area contributed by atoms with E-state index in [4.69, 9.17) is 0 Å². The van der Waals surface area contributed by atoms with Crippen LogP contribution in [0.5, 0.6) is 0 Å². The summed E-state index contributed by atoms with van der Waals surface area (Å²) in [6.07, 6.45) is 0.346. The highest BCUT2D eigenvalue weighted by molar-refractivity contribution is 7.99. The molecule has 0 spiro atoms. The van der Waals surface area contributed by atoms with E-state index >= 15 is 0 Å². The second-order valence-electron chi connectivity index (χ2n) is 9.71. The lowest BCUT2D eigenvalue weighted by Crippen LogP contribution is -2.54. The van der Waals surface area contributed by atoms with E-state index in [9.17, 15) is 18.4 Å². The second-order valence-corrected chi connectivity index (χ2v) is 10.7. The van der Waals surface area contributed by atoms with Crippen LogP contribution in [0.3, 0.4) is 0 Å². The molecule has 3 aromatic rings. The van der Waals surface area contributed by atoms with Crippen LogP contribution in [0.2, 0.25) is 0 Å².